The minimum absolute atomic E-state index is 0.0253. The maximum Gasteiger partial charge on any atom is 0.322 e. The van der Waals surface area contributed by atoms with Crippen LogP contribution in [0.15, 0.2) is 51.5 Å². The summed E-state index contributed by atoms with van der Waals surface area (Å²) in [5.41, 5.74) is 1.56. The molecule has 1 aliphatic rings. The van der Waals surface area contributed by atoms with Gasteiger partial charge >= 0.3 is 6.03 Å². The standard InChI is InChI=1S/C21H24N4O3/c1-2-19-23-24-20(28-19)15-9-11-16(12-10-15)22-21(26)25-13-5-3-4-7-17(25)18-8-6-14-27-18/h6,8-12,14,17H,2-5,7,13H2,1H3,(H,22,26)/t17-/m0/s1. The van der Waals surface area contributed by atoms with Crippen LogP contribution >= 0.6 is 0 Å². The number of aryl methyl sites for hydroxylation is 1. The van der Waals surface area contributed by atoms with Gasteiger partial charge in [0.2, 0.25) is 11.8 Å². The SMILES string of the molecule is CCc1nnc(-c2ccc(NC(=O)N3CCCCC[C@H]3c3ccco3)cc2)o1. The monoisotopic (exact) mass is 380 g/mol. The van der Waals surface area contributed by atoms with Crippen molar-refractivity contribution in [3.63, 3.8) is 0 Å². The van der Waals surface area contributed by atoms with Crippen LogP contribution in [0.4, 0.5) is 10.5 Å². The van der Waals surface area contributed by atoms with E-state index in [1.54, 1.807) is 6.26 Å². The van der Waals surface area contributed by atoms with Crippen molar-refractivity contribution in [1.82, 2.24) is 15.1 Å². The van der Waals surface area contributed by atoms with Gasteiger partial charge in [-0.2, -0.15) is 0 Å². The lowest BCUT2D eigenvalue weighted by atomic mass is 10.1. The number of furan rings is 1. The molecule has 1 atom stereocenters. The molecule has 7 heteroatoms. The second-order valence-corrected chi connectivity index (χ2v) is 6.94. The van der Waals surface area contributed by atoms with E-state index in [1.165, 1.54) is 0 Å². The molecular weight excluding hydrogens is 356 g/mol. The van der Waals surface area contributed by atoms with Gasteiger partial charge in [-0.05, 0) is 49.2 Å². The van der Waals surface area contributed by atoms with Gasteiger partial charge in [-0.15, -0.1) is 10.2 Å². The van der Waals surface area contributed by atoms with Crippen molar-refractivity contribution in [2.75, 3.05) is 11.9 Å². The molecule has 0 saturated carbocycles. The average molecular weight is 380 g/mol. The lowest BCUT2D eigenvalue weighted by Crippen LogP contribution is -2.37. The molecule has 0 spiro atoms. The van der Waals surface area contributed by atoms with Crippen LogP contribution < -0.4 is 5.32 Å². The number of hydrogen-bond donors (Lipinski definition) is 1. The third-order valence-corrected chi connectivity index (χ3v) is 5.04. The van der Waals surface area contributed by atoms with Gasteiger partial charge in [-0.1, -0.05) is 19.8 Å². The van der Waals surface area contributed by atoms with Crippen LogP contribution in [0.2, 0.25) is 0 Å². The zero-order valence-corrected chi connectivity index (χ0v) is 15.9. The summed E-state index contributed by atoms with van der Waals surface area (Å²) < 4.78 is 11.2. The highest BCUT2D eigenvalue weighted by Gasteiger charge is 2.28. The van der Waals surface area contributed by atoms with Crippen molar-refractivity contribution in [2.45, 2.75) is 45.1 Å². The summed E-state index contributed by atoms with van der Waals surface area (Å²) in [6.45, 7) is 2.69. The van der Waals surface area contributed by atoms with E-state index < -0.39 is 0 Å². The molecule has 0 radical (unpaired) electrons. The summed E-state index contributed by atoms with van der Waals surface area (Å²) in [6, 6.07) is 11.1. The van der Waals surface area contributed by atoms with E-state index in [9.17, 15) is 4.79 Å². The first-order valence-corrected chi connectivity index (χ1v) is 9.78. The van der Waals surface area contributed by atoms with Gasteiger partial charge in [0.25, 0.3) is 0 Å². The minimum atomic E-state index is -0.109. The number of carbonyl (C=O) groups is 1. The molecule has 0 aliphatic carbocycles. The number of nitrogens with one attached hydrogen (secondary N) is 1. The molecule has 1 aromatic carbocycles. The Morgan fingerprint density at radius 1 is 1.18 bits per heavy atom. The fourth-order valence-electron chi connectivity index (χ4n) is 3.53. The summed E-state index contributed by atoms with van der Waals surface area (Å²) in [4.78, 5) is 14.8. The zero-order chi connectivity index (χ0) is 19.3. The lowest BCUT2D eigenvalue weighted by molar-refractivity contribution is 0.179. The summed E-state index contributed by atoms with van der Waals surface area (Å²) in [7, 11) is 0. The van der Waals surface area contributed by atoms with Crippen LogP contribution in [0.25, 0.3) is 11.5 Å². The van der Waals surface area contributed by atoms with Crippen LogP contribution in [0, 0.1) is 0 Å². The van der Waals surface area contributed by atoms with Crippen molar-refractivity contribution in [3.8, 4) is 11.5 Å². The molecule has 28 heavy (non-hydrogen) atoms. The summed E-state index contributed by atoms with van der Waals surface area (Å²) in [6.07, 6.45) is 6.50. The predicted octanol–water partition coefficient (Wildman–Crippen LogP) is 5.04. The summed E-state index contributed by atoms with van der Waals surface area (Å²) >= 11 is 0. The number of carbonyl (C=O) groups excluding carboxylic acids is 1. The zero-order valence-electron chi connectivity index (χ0n) is 15.9. The van der Waals surface area contributed by atoms with Gasteiger partial charge < -0.3 is 19.1 Å². The molecule has 2 amide bonds. The van der Waals surface area contributed by atoms with Gasteiger partial charge in [-0.3, -0.25) is 0 Å². The van der Waals surface area contributed by atoms with Crippen LogP contribution in [0.5, 0.6) is 0 Å². The van der Waals surface area contributed by atoms with E-state index in [2.05, 4.69) is 15.5 Å². The molecule has 1 fully saturated rings. The second kappa shape index (κ2) is 8.29. The van der Waals surface area contributed by atoms with E-state index in [-0.39, 0.29) is 12.1 Å². The predicted molar refractivity (Wildman–Crippen MR) is 105 cm³/mol. The highest BCUT2D eigenvalue weighted by atomic mass is 16.4. The largest absolute Gasteiger partial charge is 0.467 e. The first-order chi connectivity index (χ1) is 13.7. The first-order valence-electron chi connectivity index (χ1n) is 9.78. The molecule has 4 rings (SSSR count). The molecular formula is C21H24N4O3. The number of benzene rings is 1. The van der Waals surface area contributed by atoms with E-state index in [0.29, 0.717) is 18.2 Å². The summed E-state index contributed by atoms with van der Waals surface area (Å²) in [5.74, 6) is 1.94. The fraction of sp³-hybridized carbons (Fsp3) is 0.381. The van der Waals surface area contributed by atoms with Crippen LogP contribution in [0.3, 0.4) is 0 Å². The van der Waals surface area contributed by atoms with Crippen molar-refractivity contribution in [1.29, 1.82) is 0 Å². The Hall–Kier alpha value is -3.09. The Labute approximate surface area is 163 Å². The Bertz CT molecular complexity index is 902. The Kier molecular flexibility index (Phi) is 5.41. The van der Waals surface area contributed by atoms with Crippen LogP contribution in [0.1, 0.15) is 50.3 Å². The number of urea groups is 1. The minimum Gasteiger partial charge on any atom is -0.467 e. The number of anilines is 1. The molecule has 0 unspecified atom stereocenters. The number of amides is 2. The van der Waals surface area contributed by atoms with E-state index in [0.717, 1.165) is 49.2 Å². The Morgan fingerprint density at radius 2 is 2.04 bits per heavy atom. The Morgan fingerprint density at radius 3 is 2.75 bits per heavy atom. The highest BCUT2D eigenvalue weighted by molar-refractivity contribution is 5.89. The Balaban J connectivity index is 1.47. The van der Waals surface area contributed by atoms with Crippen LogP contribution in [-0.4, -0.2) is 27.7 Å². The maximum absolute atomic E-state index is 13.0. The molecule has 0 bridgehead atoms. The quantitative estimate of drug-likeness (QED) is 0.685. The smallest absolute Gasteiger partial charge is 0.322 e. The van der Waals surface area contributed by atoms with E-state index >= 15 is 0 Å². The van der Waals surface area contributed by atoms with Crippen molar-refractivity contribution in [3.05, 3.63) is 54.3 Å². The number of aromatic nitrogens is 2. The molecule has 3 heterocycles. The molecule has 3 aromatic rings. The highest BCUT2D eigenvalue weighted by Crippen LogP contribution is 2.31. The molecule has 1 saturated heterocycles. The maximum atomic E-state index is 13.0. The van der Waals surface area contributed by atoms with E-state index in [1.807, 2.05) is 48.2 Å². The third kappa shape index (κ3) is 3.93. The molecule has 146 valence electrons. The van der Waals surface area contributed by atoms with Crippen molar-refractivity contribution in [2.24, 2.45) is 0 Å². The topological polar surface area (TPSA) is 84.4 Å². The lowest BCUT2D eigenvalue weighted by Gasteiger charge is -2.28. The molecule has 1 aliphatic heterocycles. The number of hydrogen-bond acceptors (Lipinski definition) is 5. The normalized spacial score (nSPS) is 17.3. The van der Waals surface area contributed by atoms with Gasteiger partial charge in [0.15, 0.2) is 0 Å². The number of rotatable bonds is 4. The van der Waals surface area contributed by atoms with Gasteiger partial charge in [0, 0.05) is 24.2 Å². The average Bonchev–Trinajstić information content (AvgIpc) is 3.36. The third-order valence-electron chi connectivity index (χ3n) is 5.04. The number of likely N-dealkylation sites (tertiary alicyclic amines) is 1. The molecule has 1 N–H and O–H groups in total. The van der Waals surface area contributed by atoms with Crippen LogP contribution in [-0.2, 0) is 6.42 Å². The fourth-order valence-corrected chi connectivity index (χ4v) is 3.53. The molecule has 7 nitrogen and oxygen atoms in total. The molecule has 2 aromatic heterocycles. The van der Waals surface area contributed by atoms with Gasteiger partial charge in [-0.25, -0.2) is 4.79 Å². The van der Waals surface area contributed by atoms with Crippen molar-refractivity contribution < 1.29 is 13.6 Å². The number of nitrogens with zero attached hydrogens (tertiary/aromatic N) is 3. The summed E-state index contributed by atoms with van der Waals surface area (Å²) in [5, 5.41) is 11.0. The van der Waals surface area contributed by atoms with Crippen molar-refractivity contribution >= 4 is 11.7 Å². The first kappa shape index (κ1) is 18.3. The van der Waals surface area contributed by atoms with Gasteiger partial charge in [0.1, 0.15) is 5.76 Å². The second-order valence-electron chi connectivity index (χ2n) is 6.94. The van der Waals surface area contributed by atoms with Gasteiger partial charge in [0.05, 0.1) is 12.3 Å². The van der Waals surface area contributed by atoms with E-state index in [4.69, 9.17) is 8.83 Å².